The lowest BCUT2D eigenvalue weighted by molar-refractivity contribution is -0.132. The van der Waals surface area contributed by atoms with Crippen molar-refractivity contribution in [1.29, 1.82) is 0 Å². The first-order valence-corrected chi connectivity index (χ1v) is 10.4. The van der Waals surface area contributed by atoms with Crippen LogP contribution in [0.2, 0.25) is 0 Å². The number of phenols is 1. The van der Waals surface area contributed by atoms with Crippen molar-refractivity contribution < 1.29 is 19.8 Å². The molecular weight excluding hydrogens is 402 g/mol. The fourth-order valence-electron chi connectivity index (χ4n) is 4.17. The molecule has 3 aromatic rings. The lowest BCUT2D eigenvalue weighted by Crippen LogP contribution is -2.30. The van der Waals surface area contributed by atoms with E-state index in [4.69, 9.17) is 0 Å². The fourth-order valence-corrected chi connectivity index (χ4v) is 4.17. The van der Waals surface area contributed by atoms with Crippen molar-refractivity contribution in [2.24, 2.45) is 0 Å². The number of carbonyl (C=O) groups is 2. The van der Waals surface area contributed by atoms with E-state index >= 15 is 0 Å². The van der Waals surface area contributed by atoms with E-state index in [1.165, 1.54) is 17.0 Å². The van der Waals surface area contributed by atoms with Gasteiger partial charge in [-0.05, 0) is 74.2 Å². The minimum Gasteiger partial charge on any atom is -0.508 e. The van der Waals surface area contributed by atoms with Gasteiger partial charge in [-0.1, -0.05) is 42.0 Å². The zero-order valence-corrected chi connectivity index (χ0v) is 18.5. The first-order chi connectivity index (χ1) is 15.2. The van der Waals surface area contributed by atoms with Gasteiger partial charge in [0.2, 0.25) is 0 Å². The SMILES string of the molecule is Cc1ccc(N2C(=O)C(=O)/C(=C(/O)c3ccc(C)c(C)c3)C2c2ccc(O)cc2)c(C)c1. The Bertz CT molecular complexity index is 1270. The van der Waals surface area contributed by atoms with Gasteiger partial charge in [-0.3, -0.25) is 14.5 Å². The molecule has 0 bridgehead atoms. The molecule has 4 rings (SSSR count). The lowest BCUT2D eigenvalue weighted by atomic mass is 9.94. The molecular formula is C27H25NO4. The van der Waals surface area contributed by atoms with Crippen molar-refractivity contribution in [3.8, 4) is 5.75 Å². The Hall–Kier alpha value is -3.86. The van der Waals surface area contributed by atoms with Crippen LogP contribution in [-0.2, 0) is 9.59 Å². The van der Waals surface area contributed by atoms with E-state index in [1.54, 1.807) is 18.2 Å². The maximum absolute atomic E-state index is 13.2. The van der Waals surface area contributed by atoms with Crippen molar-refractivity contribution in [3.63, 3.8) is 0 Å². The van der Waals surface area contributed by atoms with Gasteiger partial charge in [0.15, 0.2) is 0 Å². The summed E-state index contributed by atoms with van der Waals surface area (Å²) in [4.78, 5) is 27.9. The summed E-state index contributed by atoms with van der Waals surface area (Å²) in [6.45, 7) is 7.74. The number of carbonyl (C=O) groups excluding carboxylic acids is 2. The highest BCUT2D eigenvalue weighted by Crippen LogP contribution is 2.43. The second-order valence-corrected chi connectivity index (χ2v) is 8.35. The molecule has 5 nitrogen and oxygen atoms in total. The Morgan fingerprint density at radius 3 is 2.12 bits per heavy atom. The quantitative estimate of drug-likeness (QED) is 0.340. The van der Waals surface area contributed by atoms with E-state index in [-0.39, 0.29) is 17.1 Å². The van der Waals surface area contributed by atoms with Crippen LogP contribution in [0.25, 0.3) is 5.76 Å². The third-order valence-electron chi connectivity index (χ3n) is 6.05. The number of ketones is 1. The molecule has 0 aromatic heterocycles. The number of phenolic OH excluding ortho intramolecular Hbond substituents is 1. The summed E-state index contributed by atoms with van der Waals surface area (Å²) in [7, 11) is 0. The van der Waals surface area contributed by atoms with Crippen LogP contribution in [0.1, 0.15) is 39.4 Å². The van der Waals surface area contributed by atoms with Crippen LogP contribution in [0.5, 0.6) is 5.75 Å². The number of Topliss-reactive ketones (excluding diaryl/α,β-unsaturated/α-hetero) is 1. The summed E-state index contributed by atoms with van der Waals surface area (Å²) >= 11 is 0. The van der Waals surface area contributed by atoms with Crippen molar-refractivity contribution in [2.45, 2.75) is 33.7 Å². The van der Waals surface area contributed by atoms with Crippen molar-refractivity contribution in [1.82, 2.24) is 0 Å². The number of hydrogen-bond donors (Lipinski definition) is 2. The predicted molar refractivity (Wildman–Crippen MR) is 125 cm³/mol. The summed E-state index contributed by atoms with van der Waals surface area (Å²) in [5.41, 5.74) is 5.66. The first kappa shape index (κ1) is 21.4. The van der Waals surface area contributed by atoms with E-state index < -0.39 is 17.7 Å². The molecule has 1 amide bonds. The van der Waals surface area contributed by atoms with Crippen molar-refractivity contribution in [2.75, 3.05) is 4.90 Å². The van der Waals surface area contributed by atoms with Crippen LogP contribution >= 0.6 is 0 Å². The normalized spacial score (nSPS) is 17.8. The second-order valence-electron chi connectivity index (χ2n) is 8.35. The standard InChI is InChI=1S/C27H25NO4/c1-15-5-12-22(18(4)13-15)28-24(19-8-10-21(29)11-9-19)23(26(31)27(28)32)25(30)20-7-6-16(2)17(3)14-20/h5-14,24,29-30H,1-4H3/b25-23+. The fraction of sp³-hybridized carbons (Fsp3) is 0.185. The average molecular weight is 428 g/mol. The van der Waals surface area contributed by atoms with Crippen LogP contribution < -0.4 is 4.90 Å². The Morgan fingerprint density at radius 1 is 0.812 bits per heavy atom. The summed E-state index contributed by atoms with van der Waals surface area (Å²) in [5, 5.41) is 21.0. The van der Waals surface area contributed by atoms with Crippen LogP contribution in [-0.4, -0.2) is 21.9 Å². The zero-order chi connectivity index (χ0) is 23.2. The average Bonchev–Trinajstić information content (AvgIpc) is 3.01. The van der Waals surface area contributed by atoms with Gasteiger partial charge in [0.05, 0.1) is 11.6 Å². The molecule has 3 aromatic carbocycles. The molecule has 162 valence electrons. The highest BCUT2D eigenvalue weighted by Gasteiger charge is 2.47. The number of rotatable bonds is 3. The Morgan fingerprint density at radius 2 is 1.50 bits per heavy atom. The van der Waals surface area contributed by atoms with Gasteiger partial charge in [0, 0.05) is 11.3 Å². The monoisotopic (exact) mass is 427 g/mol. The summed E-state index contributed by atoms with van der Waals surface area (Å²) in [5.74, 6) is -1.57. The molecule has 1 saturated heterocycles. The molecule has 2 N–H and O–H groups in total. The highest BCUT2D eigenvalue weighted by atomic mass is 16.3. The number of nitrogens with zero attached hydrogens (tertiary/aromatic N) is 1. The molecule has 0 saturated carbocycles. The number of benzene rings is 3. The number of aryl methyl sites for hydroxylation is 4. The largest absolute Gasteiger partial charge is 0.508 e. The van der Waals surface area contributed by atoms with Gasteiger partial charge in [-0.25, -0.2) is 0 Å². The molecule has 1 aliphatic heterocycles. The molecule has 1 aliphatic rings. The molecule has 1 unspecified atom stereocenters. The van der Waals surface area contributed by atoms with Crippen LogP contribution in [0.3, 0.4) is 0 Å². The molecule has 5 heteroatoms. The van der Waals surface area contributed by atoms with E-state index in [9.17, 15) is 19.8 Å². The van der Waals surface area contributed by atoms with Crippen LogP contribution in [0.4, 0.5) is 5.69 Å². The van der Waals surface area contributed by atoms with Gasteiger partial charge in [0.25, 0.3) is 11.7 Å². The molecule has 32 heavy (non-hydrogen) atoms. The molecule has 1 fully saturated rings. The van der Waals surface area contributed by atoms with Gasteiger partial charge >= 0.3 is 0 Å². The molecule has 1 heterocycles. The molecule has 0 spiro atoms. The van der Waals surface area contributed by atoms with E-state index in [0.29, 0.717) is 16.8 Å². The number of anilines is 1. The van der Waals surface area contributed by atoms with Gasteiger partial charge in [-0.15, -0.1) is 0 Å². The number of amides is 1. The summed E-state index contributed by atoms with van der Waals surface area (Å²) in [6.07, 6.45) is 0. The second kappa shape index (κ2) is 8.00. The van der Waals surface area contributed by atoms with Crippen molar-refractivity contribution >= 4 is 23.1 Å². The van der Waals surface area contributed by atoms with E-state index in [0.717, 1.165) is 22.3 Å². The first-order valence-electron chi connectivity index (χ1n) is 10.4. The van der Waals surface area contributed by atoms with Gasteiger partial charge < -0.3 is 10.2 Å². The zero-order valence-electron chi connectivity index (χ0n) is 18.5. The summed E-state index contributed by atoms with van der Waals surface area (Å²) < 4.78 is 0. The Labute approximate surface area is 187 Å². The predicted octanol–water partition coefficient (Wildman–Crippen LogP) is 5.25. The smallest absolute Gasteiger partial charge is 0.300 e. The van der Waals surface area contributed by atoms with E-state index in [2.05, 4.69) is 0 Å². The Kier molecular flexibility index (Phi) is 5.35. The topological polar surface area (TPSA) is 77.8 Å². The van der Waals surface area contributed by atoms with Gasteiger partial charge in [0.1, 0.15) is 11.5 Å². The third kappa shape index (κ3) is 3.56. The molecule has 0 radical (unpaired) electrons. The van der Waals surface area contributed by atoms with Crippen molar-refractivity contribution in [3.05, 3.63) is 99.6 Å². The third-order valence-corrected chi connectivity index (χ3v) is 6.05. The number of aliphatic hydroxyl groups is 1. The number of aliphatic hydroxyl groups excluding tert-OH is 1. The maximum Gasteiger partial charge on any atom is 0.300 e. The lowest BCUT2D eigenvalue weighted by Gasteiger charge is -2.27. The minimum absolute atomic E-state index is 0.0314. The van der Waals surface area contributed by atoms with Crippen LogP contribution in [0.15, 0.2) is 66.2 Å². The minimum atomic E-state index is -0.821. The number of hydrogen-bond acceptors (Lipinski definition) is 4. The number of aromatic hydroxyl groups is 1. The molecule has 1 atom stereocenters. The molecule has 0 aliphatic carbocycles. The Balaban J connectivity index is 1.97. The van der Waals surface area contributed by atoms with E-state index in [1.807, 2.05) is 58.0 Å². The maximum atomic E-state index is 13.2. The summed E-state index contributed by atoms with van der Waals surface area (Å²) in [6, 6.07) is 16.6. The highest BCUT2D eigenvalue weighted by molar-refractivity contribution is 6.51. The van der Waals surface area contributed by atoms with Crippen LogP contribution in [0, 0.1) is 27.7 Å². The van der Waals surface area contributed by atoms with Gasteiger partial charge in [-0.2, -0.15) is 0 Å².